The van der Waals surface area contributed by atoms with Gasteiger partial charge in [-0.15, -0.1) is 0 Å². The fraction of sp³-hybridized carbons (Fsp3) is 0.556. The summed E-state index contributed by atoms with van der Waals surface area (Å²) in [6, 6.07) is 7.29. The predicted molar refractivity (Wildman–Crippen MR) is 88.9 cm³/mol. The van der Waals surface area contributed by atoms with Gasteiger partial charge in [0.05, 0.1) is 6.10 Å². The van der Waals surface area contributed by atoms with Crippen molar-refractivity contribution in [1.82, 2.24) is 10.2 Å². The molecule has 1 heterocycles. The van der Waals surface area contributed by atoms with Crippen molar-refractivity contribution in [3.63, 3.8) is 0 Å². The highest BCUT2D eigenvalue weighted by atomic mass is 16.3. The first-order valence-electron chi connectivity index (χ1n) is 8.34. The zero-order valence-electron chi connectivity index (χ0n) is 13.9. The predicted octanol–water partition coefficient (Wildman–Crippen LogP) is 1.95. The van der Waals surface area contributed by atoms with E-state index in [0.717, 1.165) is 24.9 Å². The van der Waals surface area contributed by atoms with Gasteiger partial charge in [-0.1, -0.05) is 32.4 Å². The normalized spacial score (nSPS) is 17.2. The summed E-state index contributed by atoms with van der Waals surface area (Å²) in [5.74, 6) is 0.178. The zero-order chi connectivity index (χ0) is 16.8. The third kappa shape index (κ3) is 4.79. The van der Waals surface area contributed by atoms with Crippen LogP contribution in [-0.2, 0) is 11.3 Å². The molecule has 0 spiro atoms. The van der Waals surface area contributed by atoms with Crippen LogP contribution >= 0.6 is 0 Å². The van der Waals surface area contributed by atoms with Crippen LogP contribution in [0.25, 0.3) is 0 Å². The fourth-order valence-electron chi connectivity index (χ4n) is 2.63. The van der Waals surface area contributed by atoms with Crippen molar-refractivity contribution in [2.45, 2.75) is 45.8 Å². The third-order valence-electron chi connectivity index (χ3n) is 4.53. The largest absolute Gasteiger partial charge is 0.391 e. The van der Waals surface area contributed by atoms with Gasteiger partial charge in [0.25, 0.3) is 5.91 Å². The molecule has 1 aliphatic rings. The summed E-state index contributed by atoms with van der Waals surface area (Å²) in [6.07, 6.45) is 1.92. The molecule has 1 saturated heterocycles. The smallest absolute Gasteiger partial charge is 0.251 e. The Bertz CT molecular complexity index is 542. The molecule has 2 unspecified atom stereocenters. The molecule has 2 atom stereocenters. The summed E-state index contributed by atoms with van der Waals surface area (Å²) < 4.78 is 0. The topological polar surface area (TPSA) is 69.6 Å². The highest BCUT2D eigenvalue weighted by Crippen LogP contribution is 2.15. The Morgan fingerprint density at radius 1 is 1.35 bits per heavy atom. The van der Waals surface area contributed by atoms with Gasteiger partial charge in [-0.2, -0.15) is 0 Å². The molecular weight excluding hydrogens is 292 g/mol. The van der Waals surface area contributed by atoms with E-state index in [1.54, 1.807) is 12.1 Å². The molecule has 2 N–H and O–H groups in total. The minimum atomic E-state index is -0.524. The minimum absolute atomic E-state index is 0.163. The Balaban J connectivity index is 1.86. The molecule has 0 bridgehead atoms. The first kappa shape index (κ1) is 17.5. The van der Waals surface area contributed by atoms with Crippen LogP contribution in [-0.4, -0.2) is 41.0 Å². The Morgan fingerprint density at radius 3 is 2.61 bits per heavy atom. The Labute approximate surface area is 137 Å². The Morgan fingerprint density at radius 2 is 2.04 bits per heavy atom. The van der Waals surface area contributed by atoms with Crippen molar-refractivity contribution in [2.75, 3.05) is 13.1 Å². The lowest BCUT2D eigenvalue weighted by atomic mass is 10.0. The van der Waals surface area contributed by atoms with Crippen LogP contribution < -0.4 is 5.32 Å². The molecule has 0 saturated carbocycles. The molecule has 1 aliphatic heterocycles. The van der Waals surface area contributed by atoms with Crippen LogP contribution in [0, 0.1) is 5.92 Å². The van der Waals surface area contributed by atoms with E-state index in [9.17, 15) is 14.7 Å². The van der Waals surface area contributed by atoms with Crippen LogP contribution in [0.1, 0.15) is 49.0 Å². The maximum atomic E-state index is 12.1. The highest BCUT2D eigenvalue weighted by molar-refractivity contribution is 5.94. The van der Waals surface area contributed by atoms with E-state index in [4.69, 9.17) is 0 Å². The van der Waals surface area contributed by atoms with Gasteiger partial charge in [-0.25, -0.2) is 0 Å². The molecule has 0 aliphatic carbocycles. The van der Waals surface area contributed by atoms with Crippen molar-refractivity contribution in [1.29, 1.82) is 0 Å². The van der Waals surface area contributed by atoms with Crippen LogP contribution in [0.5, 0.6) is 0 Å². The Hall–Kier alpha value is -1.88. The number of aliphatic hydroxyl groups is 1. The van der Waals surface area contributed by atoms with Gasteiger partial charge in [0.2, 0.25) is 5.91 Å². The molecule has 0 aromatic heterocycles. The summed E-state index contributed by atoms with van der Waals surface area (Å²) in [7, 11) is 0. The maximum absolute atomic E-state index is 12.1. The molecule has 0 radical (unpaired) electrons. The van der Waals surface area contributed by atoms with Gasteiger partial charge in [0.1, 0.15) is 0 Å². The number of aliphatic hydroxyl groups excluding tert-OH is 1. The van der Waals surface area contributed by atoms with E-state index in [1.165, 1.54) is 0 Å². The number of nitrogens with zero attached hydrogens (tertiary/aromatic N) is 1. The van der Waals surface area contributed by atoms with Crippen LogP contribution in [0.15, 0.2) is 24.3 Å². The SMILES string of the molecule is CCC(C)C(O)CNC(=O)c1ccc(CN2CCCC2=O)cc1. The van der Waals surface area contributed by atoms with E-state index in [1.807, 2.05) is 30.9 Å². The van der Waals surface area contributed by atoms with Gasteiger partial charge in [-0.05, 0) is 30.0 Å². The highest BCUT2D eigenvalue weighted by Gasteiger charge is 2.20. The van der Waals surface area contributed by atoms with E-state index in [2.05, 4.69) is 5.32 Å². The van der Waals surface area contributed by atoms with E-state index in [0.29, 0.717) is 18.5 Å². The van der Waals surface area contributed by atoms with Crippen LogP contribution in [0.4, 0.5) is 0 Å². The number of carbonyl (C=O) groups excluding carboxylic acids is 2. The number of likely N-dealkylation sites (tertiary alicyclic amines) is 1. The quantitative estimate of drug-likeness (QED) is 0.807. The lowest BCUT2D eigenvalue weighted by molar-refractivity contribution is -0.128. The van der Waals surface area contributed by atoms with Crippen molar-refractivity contribution in [2.24, 2.45) is 5.92 Å². The van der Waals surface area contributed by atoms with E-state index < -0.39 is 6.10 Å². The number of hydrogen-bond donors (Lipinski definition) is 2. The summed E-state index contributed by atoms with van der Waals surface area (Å²) >= 11 is 0. The van der Waals surface area contributed by atoms with Crippen molar-refractivity contribution < 1.29 is 14.7 Å². The second-order valence-electron chi connectivity index (χ2n) is 6.28. The lowest BCUT2D eigenvalue weighted by Crippen LogP contribution is -2.35. The molecule has 126 valence electrons. The second-order valence-corrected chi connectivity index (χ2v) is 6.28. The van der Waals surface area contributed by atoms with Crippen LogP contribution in [0.3, 0.4) is 0 Å². The van der Waals surface area contributed by atoms with Crippen molar-refractivity contribution in [3.8, 4) is 0 Å². The second kappa shape index (κ2) is 8.11. The van der Waals surface area contributed by atoms with Gasteiger partial charge >= 0.3 is 0 Å². The average molecular weight is 318 g/mol. The Kier molecular flexibility index (Phi) is 6.16. The molecule has 23 heavy (non-hydrogen) atoms. The zero-order valence-corrected chi connectivity index (χ0v) is 13.9. The van der Waals surface area contributed by atoms with Gasteiger partial charge < -0.3 is 15.3 Å². The maximum Gasteiger partial charge on any atom is 0.251 e. The number of amides is 2. The minimum Gasteiger partial charge on any atom is -0.391 e. The molecule has 5 nitrogen and oxygen atoms in total. The van der Waals surface area contributed by atoms with E-state index >= 15 is 0 Å². The van der Waals surface area contributed by atoms with Gasteiger partial charge in [0, 0.05) is 31.6 Å². The number of rotatable bonds is 7. The third-order valence-corrected chi connectivity index (χ3v) is 4.53. The summed E-state index contributed by atoms with van der Waals surface area (Å²) in [4.78, 5) is 25.5. The number of nitrogens with one attached hydrogen (secondary N) is 1. The molecule has 2 rings (SSSR count). The monoisotopic (exact) mass is 318 g/mol. The standard InChI is InChI=1S/C18H26N2O3/c1-3-13(2)16(21)11-19-18(23)15-8-6-14(7-9-15)12-20-10-4-5-17(20)22/h6-9,13,16,21H,3-5,10-12H2,1-2H3,(H,19,23). The number of benzene rings is 1. The van der Waals surface area contributed by atoms with Gasteiger partial charge in [-0.3, -0.25) is 9.59 Å². The number of hydrogen-bond acceptors (Lipinski definition) is 3. The summed E-state index contributed by atoms with van der Waals surface area (Å²) in [5, 5.41) is 12.6. The fourth-order valence-corrected chi connectivity index (χ4v) is 2.63. The summed E-state index contributed by atoms with van der Waals surface area (Å²) in [5.41, 5.74) is 1.59. The average Bonchev–Trinajstić information content (AvgIpc) is 2.97. The first-order chi connectivity index (χ1) is 11.0. The molecular formula is C18H26N2O3. The first-order valence-corrected chi connectivity index (χ1v) is 8.34. The lowest BCUT2D eigenvalue weighted by Gasteiger charge is -2.18. The molecule has 1 aromatic rings. The summed E-state index contributed by atoms with van der Waals surface area (Å²) in [6.45, 7) is 5.66. The van der Waals surface area contributed by atoms with E-state index in [-0.39, 0.29) is 24.3 Å². The molecule has 2 amide bonds. The number of carbonyl (C=O) groups is 2. The molecule has 5 heteroatoms. The molecule has 1 fully saturated rings. The van der Waals surface area contributed by atoms with Crippen molar-refractivity contribution >= 4 is 11.8 Å². The molecule has 1 aromatic carbocycles. The van der Waals surface area contributed by atoms with Crippen molar-refractivity contribution in [3.05, 3.63) is 35.4 Å². The van der Waals surface area contributed by atoms with Gasteiger partial charge in [0.15, 0.2) is 0 Å². The van der Waals surface area contributed by atoms with Crippen LogP contribution in [0.2, 0.25) is 0 Å².